The number of oxime groups is 1. The Balaban J connectivity index is 1.33. The predicted molar refractivity (Wildman–Crippen MR) is 186 cm³/mol. The van der Waals surface area contributed by atoms with E-state index in [4.69, 9.17) is 18.9 Å². The summed E-state index contributed by atoms with van der Waals surface area (Å²) in [5, 5.41) is 44.5. The minimum absolute atomic E-state index is 0.0420. The molecule has 0 radical (unpaired) electrons. The van der Waals surface area contributed by atoms with E-state index < -0.39 is 29.5 Å². The Morgan fingerprint density at radius 3 is 2.38 bits per heavy atom. The van der Waals surface area contributed by atoms with Crippen molar-refractivity contribution < 1.29 is 49.2 Å². The highest BCUT2D eigenvalue weighted by Gasteiger charge is 2.54. The van der Waals surface area contributed by atoms with Crippen molar-refractivity contribution in [1.29, 1.82) is 0 Å². The Kier molecular flexibility index (Phi) is 14.9. The van der Waals surface area contributed by atoms with Crippen LogP contribution < -0.4 is 5.48 Å². The smallest absolute Gasteiger partial charge is 0.249 e. The lowest BCUT2D eigenvalue weighted by molar-refractivity contribution is -0.314. The molecule has 4 rings (SSSR count). The molecule has 286 valence electrons. The highest BCUT2D eigenvalue weighted by atomic mass is 16.8. The number of ketones is 1. The van der Waals surface area contributed by atoms with Crippen LogP contribution in [0, 0.1) is 35.5 Å². The first kappa shape index (κ1) is 40.8. The number of hydroxylamine groups is 1. The maximum Gasteiger partial charge on any atom is 0.249 e. The van der Waals surface area contributed by atoms with E-state index in [1.807, 2.05) is 20.8 Å². The molecule has 3 fully saturated rings. The number of Topliss-reactive ketones (excluding diaryl/α,β-unsaturated/α-hetero) is 1. The van der Waals surface area contributed by atoms with Gasteiger partial charge in [0.05, 0.1) is 43.0 Å². The lowest BCUT2D eigenvalue weighted by Gasteiger charge is -2.40. The van der Waals surface area contributed by atoms with Crippen LogP contribution in [0.1, 0.15) is 125 Å². The summed E-state index contributed by atoms with van der Waals surface area (Å²) in [7, 11) is 0. The standard InChI is InChI=1S/C38H64N2O10/c1-7-27(35(42)25(5)21-24(4)30-11-9-12-31(48-30)29(8-2)36(43)40-46)20-23(3)19-26(6)37(44)17-10-13-34(39-45)38(50-37)18-16-33(49-38)32-15-14-28(41)22-47-32/h10,17,23-33,41,44-46H,7-9,11-16,18-22H2,1-6H3,(H,40,43)/b39-34+/t23-,24-,25-,26+,27+,28+,29?,30?,31?,32+,33?,37-,38-/m0/s1. The molecule has 4 aliphatic rings. The van der Waals surface area contributed by atoms with Gasteiger partial charge < -0.3 is 34.4 Å². The summed E-state index contributed by atoms with van der Waals surface area (Å²) in [5.74, 6) is -4.01. The SMILES string of the molecule is CCC(C(=O)NO)C1CCCC([C@@H](C)C[C@H](C)C(=O)[C@H](CC)C[C@@H](C)C[C@@H](C)[C@]2(O)C=CC/C(=N\O)[C@]3(CCC([C@H]4CC[C@@H](O)CO4)O3)O2)O1. The number of nitrogens with zero attached hydrogens (tertiary/aromatic N) is 1. The molecule has 5 N–H and O–H groups in total. The van der Waals surface area contributed by atoms with Gasteiger partial charge >= 0.3 is 0 Å². The van der Waals surface area contributed by atoms with Crippen molar-refractivity contribution in [3.63, 3.8) is 0 Å². The van der Waals surface area contributed by atoms with E-state index in [1.165, 1.54) is 0 Å². The zero-order valence-corrected chi connectivity index (χ0v) is 31.1. The Morgan fingerprint density at radius 2 is 1.74 bits per heavy atom. The molecule has 0 aliphatic carbocycles. The Bertz CT molecular complexity index is 1170. The summed E-state index contributed by atoms with van der Waals surface area (Å²) >= 11 is 0. The van der Waals surface area contributed by atoms with Crippen molar-refractivity contribution in [2.75, 3.05) is 6.61 Å². The molecular weight excluding hydrogens is 644 g/mol. The second-order valence-corrected chi connectivity index (χ2v) is 15.8. The van der Waals surface area contributed by atoms with E-state index in [9.17, 15) is 30.2 Å². The topological polar surface area (TPSA) is 176 Å². The third-order valence-corrected chi connectivity index (χ3v) is 11.9. The molecule has 0 bridgehead atoms. The summed E-state index contributed by atoms with van der Waals surface area (Å²) in [6, 6.07) is 0. The normalized spacial score (nSPS) is 36.3. The number of carbonyl (C=O) groups excluding carboxylic acids is 2. The van der Waals surface area contributed by atoms with Crippen LogP contribution in [0.2, 0.25) is 0 Å². The molecule has 3 saturated heterocycles. The van der Waals surface area contributed by atoms with E-state index in [2.05, 4.69) is 25.9 Å². The number of aliphatic hydroxyl groups excluding tert-OH is 1. The average Bonchev–Trinajstić information content (AvgIpc) is 3.46. The van der Waals surface area contributed by atoms with Gasteiger partial charge in [-0.05, 0) is 88.5 Å². The van der Waals surface area contributed by atoms with Crippen LogP contribution in [0.5, 0.6) is 0 Å². The molecule has 1 spiro atoms. The van der Waals surface area contributed by atoms with Crippen molar-refractivity contribution in [1.82, 2.24) is 5.48 Å². The first-order valence-electron chi connectivity index (χ1n) is 19.2. The number of hydrogen-bond donors (Lipinski definition) is 5. The summed E-state index contributed by atoms with van der Waals surface area (Å²) in [6.07, 6.45) is 10.6. The highest BCUT2D eigenvalue weighted by molar-refractivity contribution is 5.92. The van der Waals surface area contributed by atoms with E-state index in [-0.39, 0.29) is 72.8 Å². The molecule has 0 saturated carbocycles. The number of amides is 1. The van der Waals surface area contributed by atoms with Crippen LogP contribution in [-0.2, 0) is 28.5 Å². The van der Waals surface area contributed by atoms with Crippen molar-refractivity contribution in [3.05, 3.63) is 12.2 Å². The number of allylic oxidation sites excluding steroid dienone is 1. The van der Waals surface area contributed by atoms with Gasteiger partial charge in [-0.2, -0.15) is 0 Å². The van der Waals surface area contributed by atoms with E-state index in [0.717, 1.165) is 25.7 Å². The van der Waals surface area contributed by atoms with Gasteiger partial charge in [0.25, 0.3) is 0 Å². The largest absolute Gasteiger partial charge is 0.411 e. The van der Waals surface area contributed by atoms with Gasteiger partial charge in [-0.1, -0.05) is 52.8 Å². The van der Waals surface area contributed by atoms with Gasteiger partial charge in [0.1, 0.15) is 11.5 Å². The maximum atomic E-state index is 13.8. The minimum Gasteiger partial charge on any atom is -0.411 e. The molecule has 1 amide bonds. The summed E-state index contributed by atoms with van der Waals surface area (Å²) in [6.45, 7) is 12.4. The fraction of sp³-hybridized carbons (Fsp3) is 0.868. The number of aliphatic hydroxyl groups is 2. The van der Waals surface area contributed by atoms with Crippen molar-refractivity contribution in [2.24, 2.45) is 40.7 Å². The van der Waals surface area contributed by atoms with Crippen LogP contribution in [0.15, 0.2) is 17.3 Å². The lowest BCUT2D eigenvalue weighted by atomic mass is 9.78. The van der Waals surface area contributed by atoms with Gasteiger partial charge in [-0.3, -0.25) is 14.8 Å². The molecule has 4 unspecified atom stereocenters. The Morgan fingerprint density at radius 1 is 1.00 bits per heavy atom. The first-order chi connectivity index (χ1) is 23.8. The number of carbonyl (C=O) groups is 2. The molecule has 12 nitrogen and oxygen atoms in total. The molecule has 50 heavy (non-hydrogen) atoms. The van der Waals surface area contributed by atoms with Gasteiger partial charge in [-0.15, -0.1) is 0 Å². The molecule has 0 aromatic heterocycles. The van der Waals surface area contributed by atoms with Crippen LogP contribution >= 0.6 is 0 Å². The highest BCUT2D eigenvalue weighted by Crippen LogP contribution is 2.44. The number of hydrogen-bond acceptors (Lipinski definition) is 11. The molecule has 0 aromatic rings. The van der Waals surface area contributed by atoms with Gasteiger partial charge in [0.15, 0.2) is 5.79 Å². The first-order valence-corrected chi connectivity index (χ1v) is 19.2. The molecule has 4 heterocycles. The molecule has 13 atom stereocenters. The lowest BCUT2D eigenvalue weighted by Crippen LogP contribution is -2.51. The summed E-state index contributed by atoms with van der Waals surface area (Å²) in [4.78, 5) is 26.0. The fourth-order valence-electron chi connectivity index (χ4n) is 8.89. The average molecular weight is 709 g/mol. The number of rotatable bonds is 15. The van der Waals surface area contributed by atoms with Crippen molar-refractivity contribution in [3.8, 4) is 0 Å². The Labute approximate surface area is 298 Å². The third-order valence-electron chi connectivity index (χ3n) is 11.9. The second-order valence-electron chi connectivity index (χ2n) is 15.8. The zero-order valence-electron chi connectivity index (χ0n) is 31.1. The quantitative estimate of drug-likeness (QED) is 0.0616. The molecule has 12 heteroatoms. The van der Waals surface area contributed by atoms with E-state index in [1.54, 1.807) is 17.6 Å². The molecule has 0 aromatic carbocycles. The van der Waals surface area contributed by atoms with Crippen molar-refractivity contribution in [2.45, 2.75) is 167 Å². The van der Waals surface area contributed by atoms with Crippen molar-refractivity contribution >= 4 is 17.4 Å². The molecule has 4 aliphatic heterocycles. The monoisotopic (exact) mass is 708 g/mol. The maximum absolute atomic E-state index is 13.8. The van der Waals surface area contributed by atoms with E-state index in [0.29, 0.717) is 57.1 Å². The van der Waals surface area contributed by atoms with Crippen LogP contribution in [-0.4, -0.2) is 86.7 Å². The van der Waals surface area contributed by atoms with Crippen LogP contribution in [0.4, 0.5) is 0 Å². The fourth-order valence-corrected chi connectivity index (χ4v) is 8.89. The number of nitrogens with one attached hydrogen (secondary N) is 1. The summed E-state index contributed by atoms with van der Waals surface area (Å²) < 4.78 is 25.2. The second kappa shape index (κ2) is 18.2. The van der Waals surface area contributed by atoms with Gasteiger partial charge in [0.2, 0.25) is 11.7 Å². The van der Waals surface area contributed by atoms with E-state index >= 15 is 0 Å². The predicted octanol–water partition coefficient (Wildman–Crippen LogP) is 5.68. The zero-order chi connectivity index (χ0) is 36.6. The van der Waals surface area contributed by atoms with Gasteiger partial charge in [-0.25, -0.2) is 5.48 Å². The van der Waals surface area contributed by atoms with Crippen LogP contribution in [0.3, 0.4) is 0 Å². The molecular formula is C38H64N2O10. The van der Waals surface area contributed by atoms with Crippen LogP contribution in [0.25, 0.3) is 0 Å². The minimum atomic E-state index is -1.68. The number of ether oxygens (including phenoxy) is 4. The van der Waals surface area contributed by atoms with Gasteiger partial charge in [0, 0.05) is 30.6 Å². The summed E-state index contributed by atoms with van der Waals surface area (Å²) in [5.41, 5.74) is 2.09. The third kappa shape index (κ3) is 9.73. The Hall–Kier alpha value is -1.93.